The quantitative estimate of drug-likeness (QED) is 0.751. The Labute approximate surface area is 100 Å². The van der Waals surface area contributed by atoms with Crippen molar-refractivity contribution in [3.05, 3.63) is 17.3 Å². The number of hydrogen-bond acceptors (Lipinski definition) is 5. The molecule has 5 heteroatoms. The molecule has 5 nitrogen and oxygen atoms in total. The van der Waals surface area contributed by atoms with Crippen LogP contribution in [-0.4, -0.2) is 30.3 Å². The van der Waals surface area contributed by atoms with Gasteiger partial charge in [0.15, 0.2) is 5.89 Å². The summed E-state index contributed by atoms with van der Waals surface area (Å²) in [5.41, 5.74) is 0.580. The highest BCUT2D eigenvalue weighted by Crippen LogP contribution is 2.19. The molecule has 0 aliphatic carbocycles. The van der Waals surface area contributed by atoms with Gasteiger partial charge in [0.25, 0.3) is 0 Å². The van der Waals surface area contributed by atoms with Gasteiger partial charge in [-0.15, -0.1) is 0 Å². The number of nitrogens with zero attached hydrogens (tertiary/aromatic N) is 1. The standard InChI is InChI=1S/C12H17NO4/c1-3-15-12(14)11-8(2)13-10(17-11)7-9-5-4-6-16-9/h9H,3-7H2,1-2H3. The van der Waals surface area contributed by atoms with Crippen LogP contribution in [0.1, 0.15) is 41.9 Å². The lowest BCUT2D eigenvalue weighted by Gasteiger charge is -2.04. The molecule has 17 heavy (non-hydrogen) atoms. The lowest BCUT2D eigenvalue weighted by molar-refractivity contribution is 0.0483. The predicted octanol–water partition coefficient (Wildman–Crippen LogP) is 1.88. The van der Waals surface area contributed by atoms with Gasteiger partial charge in [0.2, 0.25) is 5.76 Å². The number of aryl methyl sites for hydroxylation is 1. The number of oxazole rings is 1. The Hall–Kier alpha value is -1.36. The van der Waals surface area contributed by atoms with Crippen LogP contribution in [0, 0.1) is 6.92 Å². The fourth-order valence-corrected chi connectivity index (χ4v) is 1.93. The molecule has 2 rings (SSSR count). The maximum atomic E-state index is 11.5. The lowest BCUT2D eigenvalue weighted by atomic mass is 10.2. The van der Waals surface area contributed by atoms with E-state index in [1.165, 1.54) is 0 Å². The fourth-order valence-electron chi connectivity index (χ4n) is 1.93. The predicted molar refractivity (Wildman–Crippen MR) is 59.9 cm³/mol. The van der Waals surface area contributed by atoms with Crippen LogP contribution in [0.5, 0.6) is 0 Å². The van der Waals surface area contributed by atoms with Crippen molar-refractivity contribution in [2.45, 2.75) is 39.2 Å². The molecule has 0 saturated carbocycles. The summed E-state index contributed by atoms with van der Waals surface area (Å²) >= 11 is 0. The van der Waals surface area contributed by atoms with E-state index in [2.05, 4.69) is 4.98 Å². The zero-order valence-electron chi connectivity index (χ0n) is 10.2. The maximum absolute atomic E-state index is 11.5. The van der Waals surface area contributed by atoms with E-state index in [4.69, 9.17) is 13.9 Å². The van der Waals surface area contributed by atoms with E-state index in [1.54, 1.807) is 13.8 Å². The molecular weight excluding hydrogens is 222 g/mol. The summed E-state index contributed by atoms with van der Waals surface area (Å²) < 4.78 is 15.8. The van der Waals surface area contributed by atoms with Crippen LogP contribution in [0.15, 0.2) is 4.42 Å². The normalized spacial score (nSPS) is 19.5. The molecule has 0 radical (unpaired) electrons. The molecule has 0 N–H and O–H groups in total. The Morgan fingerprint density at radius 2 is 2.41 bits per heavy atom. The number of rotatable bonds is 4. The van der Waals surface area contributed by atoms with Crippen molar-refractivity contribution in [2.75, 3.05) is 13.2 Å². The highest BCUT2D eigenvalue weighted by molar-refractivity contribution is 5.87. The third kappa shape index (κ3) is 2.85. The molecule has 1 aliphatic rings. The fraction of sp³-hybridized carbons (Fsp3) is 0.667. The molecule has 0 aromatic carbocycles. The van der Waals surface area contributed by atoms with Gasteiger partial charge in [-0.2, -0.15) is 0 Å². The second kappa shape index (κ2) is 5.31. The average Bonchev–Trinajstić information content (AvgIpc) is 2.89. The van der Waals surface area contributed by atoms with E-state index in [0.29, 0.717) is 24.6 Å². The highest BCUT2D eigenvalue weighted by Gasteiger charge is 2.22. The largest absolute Gasteiger partial charge is 0.460 e. The lowest BCUT2D eigenvalue weighted by Crippen LogP contribution is -2.09. The Morgan fingerprint density at radius 3 is 3.06 bits per heavy atom. The molecule has 1 saturated heterocycles. The zero-order chi connectivity index (χ0) is 12.3. The van der Waals surface area contributed by atoms with Gasteiger partial charge in [-0.25, -0.2) is 9.78 Å². The number of aromatic nitrogens is 1. The third-order valence-electron chi connectivity index (χ3n) is 2.73. The van der Waals surface area contributed by atoms with Gasteiger partial charge < -0.3 is 13.9 Å². The van der Waals surface area contributed by atoms with Crippen molar-refractivity contribution >= 4 is 5.97 Å². The summed E-state index contributed by atoms with van der Waals surface area (Å²) in [5, 5.41) is 0. The second-order valence-electron chi connectivity index (χ2n) is 4.08. The van der Waals surface area contributed by atoms with E-state index in [-0.39, 0.29) is 11.9 Å². The van der Waals surface area contributed by atoms with Gasteiger partial charge in [-0.3, -0.25) is 0 Å². The molecule has 1 atom stereocenters. The van der Waals surface area contributed by atoms with E-state index in [0.717, 1.165) is 19.4 Å². The highest BCUT2D eigenvalue weighted by atomic mass is 16.5. The first-order valence-corrected chi connectivity index (χ1v) is 5.95. The maximum Gasteiger partial charge on any atom is 0.376 e. The topological polar surface area (TPSA) is 61.6 Å². The summed E-state index contributed by atoms with van der Waals surface area (Å²) in [4.78, 5) is 15.8. The second-order valence-corrected chi connectivity index (χ2v) is 4.08. The van der Waals surface area contributed by atoms with Gasteiger partial charge in [-0.1, -0.05) is 0 Å². The summed E-state index contributed by atoms with van der Waals surface area (Å²) in [6.45, 7) is 4.64. The number of ether oxygens (including phenoxy) is 2. The van der Waals surface area contributed by atoms with Crippen LogP contribution in [0.25, 0.3) is 0 Å². The summed E-state index contributed by atoms with van der Waals surface area (Å²) in [5.74, 6) is 0.313. The van der Waals surface area contributed by atoms with Crippen molar-refractivity contribution in [1.29, 1.82) is 0 Å². The van der Waals surface area contributed by atoms with Crippen molar-refractivity contribution in [1.82, 2.24) is 4.98 Å². The van der Waals surface area contributed by atoms with Gasteiger partial charge in [0.05, 0.1) is 24.8 Å². The Kier molecular flexibility index (Phi) is 3.78. The molecule has 1 aromatic heterocycles. The van der Waals surface area contributed by atoms with E-state index in [1.807, 2.05) is 0 Å². The number of carbonyl (C=O) groups is 1. The molecule has 2 heterocycles. The Balaban J connectivity index is 2.04. The summed E-state index contributed by atoms with van der Waals surface area (Å²) in [6.07, 6.45) is 2.90. The molecule has 0 bridgehead atoms. The van der Waals surface area contributed by atoms with Crippen molar-refractivity contribution < 1.29 is 18.7 Å². The smallest absolute Gasteiger partial charge is 0.376 e. The minimum Gasteiger partial charge on any atom is -0.460 e. The van der Waals surface area contributed by atoms with Crippen LogP contribution >= 0.6 is 0 Å². The third-order valence-corrected chi connectivity index (χ3v) is 2.73. The first kappa shape index (κ1) is 12.1. The van der Waals surface area contributed by atoms with Gasteiger partial charge in [-0.05, 0) is 26.7 Å². The molecule has 1 aliphatic heterocycles. The van der Waals surface area contributed by atoms with Gasteiger partial charge >= 0.3 is 5.97 Å². The monoisotopic (exact) mass is 239 g/mol. The van der Waals surface area contributed by atoms with E-state index >= 15 is 0 Å². The van der Waals surface area contributed by atoms with Crippen LogP contribution in [0.4, 0.5) is 0 Å². The molecule has 1 fully saturated rings. The van der Waals surface area contributed by atoms with Crippen LogP contribution < -0.4 is 0 Å². The van der Waals surface area contributed by atoms with E-state index in [9.17, 15) is 4.79 Å². The molecule has 94 valence electrons. The van der Waals surface area contributed by atoms with Crippen LogP contribution in [0.3, 0.4) is 0 Å². The Morgan fingerprint density at radius 1 is 1.59 bits per heavy atom. The summed E-state index contributed by atoms with van der Waals surface area (Å²) in [7, 11) is 0. The molecule has 0 spiro atoms. The van der Waals surface area contributed by atoms with Crippen molar-refractivity contribution in [3.63, 3.8) is 0 Å². The number of hydrogen-bond donors (Lipinski definition) is 0. The molecule has 0 amide bonds. The molecule has 1 aromatic rings. The van der Waals surface area contributed by atoms with Crippen molar-refractivity contribution in [3.8, 4) is 0 Å². The number of carbonyl (C=O) groups excluding carboxylic acids is 1. The zero-order valence-corrected chi connectivity index (χ0v) is 10.2. The van der Waals surface area contributed by atoms with Gasteiger partial charge in [0, 0.05) is 6.61 Å². The van der Waals surface area contributed by atoms with E-state index < -0.39 is 5.97 Å². The molecule has 1 unspecified atom stereocenters. The van der Waals surface area contributed by atoms with Gasteiger partial charge in [0.1, 0.15) is 0 Å². The Bertz CT molecular complexity index is 393. The SMILES string of the molecule is CCOC(=O)c1oc(CC2CCCO2)nc1C. The van der Waals surface area contributed by atoms with Crippen LogP contribution in [0.2, 0.25) is 0 Å². The van der Waals surface area contributed by atoms with Crippen LogP contribution in [-0.2, 0) is 15.9 Å². The van der Waals surface area contributed by atoms with Crippen molar-refractivity contribution in [2.24, 2.45) is 0 Å². The number of esters is 1. The minimum atomic E-state index is -0.448. The minimum absolute atomic E-state index is 0.170. The average molecular weight is 239 g/mol. The summed E-state index contributed by atoms with van der Waals surface area (Å²) in [6, 6.07) is 0. The first-order valence-electron chi connectivity index (χ1n) is 5.95. The molecular formula is C12H17NO4. The first-order chi connectivity index (χ1) is 8.20.